The van der Waals surface area contributed by atoms with Crippen LogP contribution in [-0.4, -0.2) is 47.7 Å². The number of hydrogen-bond acceptors (Lipinski definition) is 5. The summed E-state index contributed by atoms with van der Waals surface area (Å²) in [6.07, 6.45) is 3.39. The standard InChI is InChI=1S/C17H20N4O2/c1-12(22)14-7-5-6-8-15(14)16(23)21(4)11-13-9-18-17(19-10-13)20(2)3/h5-10H,11H2,1-4H3. The van der Waals surface area contributed by atoms with Crippen LogP contribution in [0.15, 0.2) is 36.7 Å². The summed E-state index contributed by atoms with van der Waals surface area (Å²) in [6, 6.07) is 6.84. The summed E-state index contributed by atoms with van der Waals surface area (Å²) in [5.41, 5.74) is 1.67. The van der Waals surface area contributed by atoms with Crippen molar-refractivity contribution < 1.29 is 9.59 Å². The van der Waals surface area contributed by atoms with E-state index in [-0.39, 0.29) is 11.7 Å². The quantitative estimate of drug-likeness (QED) is 0.790. The average Bonchev–Trinajstić information content (AvgIpc) is 2.54. The molecular formula is C17H20N4O2. The van der Waals surface area contributed by atoms with E-state index >= 15 is 0 Å². The van der Waals surface area contributed by atoms with Crippen LogP contribution in [0.2, 0.25) is 0 Å². The Morgan fingerprint density at radius 1 is 1.00 bits per heavy atom. The molecule has 1 heterocycles. The van der Waals surface area contributed by atoms with E-state index < -0.39 is 0 Å². The van der Waals surface area contributed by atoms with Gasteiger partial charge in [0.15, 0.2) is 5.78 Å². The first-order chi connectivity index (χ1) is 10.9. The van der Waals surface area contributed by atoms with E-state index in [0.717, 1.165) is 5.56 Å². The van der Waals surface area contributed by atoms with Crippen LogP contribution in [-0.2, 0) is 6.54 Å². The van der Waals surface area contributed by atoms with E-state index in [2.05, 4.69) is 9.97 Å². The smallest absolute Gasteiger partial charge is 0.254 e. The molecule has 23 heavy (non-hydrogen) atoms. The van der Waals surface area contributed by atoms with Gasteiger partial charge in [-0.3, -0.25) is 9.59 Å². The monoisotopic (exact) mass is 312 g/mol. The van der Waals surface area contributed by atoms with Gasteiger partial charge in [-0.1, -0.05) is 18.2 Å². The summed E-state index contributed by atoms with van der Waals surface area (Å²) < 4.78 is 0. The fourth-order valence-corrected chi connectivity index (χ4v) is 2.19. The predicted molar refractivity (Wildman–Crippen MR) is 88.6 cm³/mol. The number of anilines is 1. The molecule has 0 unspecified atom stereocenters. The second-order valence-corrected chi connectivity index (χ2v) is 5.55. The van der Waals surface area contributed by atoms with Gasteiger partial charge in [0.25, 0.3) is 5.91 Å². The molecular weight excluding hydrogens is 292 g/mol. The lowest BCUT2D eigenvalue weighted by Crippen LogP contribution is -2.27. The summed E-state index contributed by atoms with van der Waals surface area (Å²) in [5.74, 6) is 0.290. The molecule has 120 valence electrons. The zero-order chi connectivity index (χ0) is 17.0. The van der Waals surface area contributed by atoms with Crippen LogP contribution in [0.4, 0.5) is 5.95 Å². The summed E-state index contributed by atoms with van der Waals surface area (Å²) >= 11 is 0. The Labute approximate surface area is 135 Å². The van der Waals surface area contributed by atoms with Gasteiger partial charge < -0.3 is 9.80 Å². The van der Waals surface area contributed by atoms with E-state index in [9.17, 15) is 9.59 Å². The molecule has 2 aromatic rings. The number of rotatable bonds is 5. The van der Waals surface area contributed by atoms with Crippen LogP contribution >= 0.6 is 0 Å². The Morgan fingerprint density at radius 3 is 2.09 bits per heavy atom. The minimum atomic E-state index is -0.201. The SMILES string of the molecule is CC(=O)c1ccccc1C(=O)N(C)Cc1cnc(N(C)C)nc1. The Balaban J connectivity index is 2.16. The Bertz CT molecular complexity index is 711. The second kappa shape index (κ2) is 7.00. The highest BCUT2D eigenvalue weighted by Crippen LogP contribution is 2.14. The molecule has 0 saturated heterocycles. The van der Waals surface area contributed by atoms with Crippen molar-refractivity contribution in [3.63, 3.8) is 0 Å². The summed E-state index contributed by atoms with van der Waals surface area (Å²) in [4.78, 5) is 36.1. The average molecular weight is 312 g/mol. The molecule has 0 bridgehead atoms. The van der Waals surface area contributed by atoms with Gasteiger partial charge in [-0.05, 0) is 13.0 Å². The van der Waals surface area contributed by atoms with Crippen LogP contribution in [0.3, 0.4) is 0 Å². The molecule has 0 N–H and O–H groups in total. The molecule has 1 aromatic heterocycles. The maximum Gasteiger partial charge on any atom is 0.254 e. The topological polar surface area (TPSA) is 66.4 Å². The first-order valence-electron chi connectivity index (χ1n) is 7.24. The van der Waals surface area contributed by atoms with Crippen LogP contribution in [0.5, 0.6) is 0 Å². The van der Waals surface area contributed by atoms with Crippen molar-refractivity contribution in [3.05, 3.63) is 53.3 Å². The van der Waals surface area contributed by atoms with Crippen molar-refractivity contribution in [2.24, 2.45) is 0 Å². The molecule has 1 amide bonds. The van der Waals surface area contributed by atoms with Crippen molar-refractivity contribution in [2.45, 2.75) is 13.5 Å². The van der Waals surface area contributed by atoms with Crippen LogP contribution in [0.25, 0.3) is 0 Å². The second-order valence-electron chi connectivity index (χ2n) is 5.55. The van der Waals surface area contributed by atoms with E-state index in [4.69, 9.17) is 0 Å². The molecule has 0 saturated carbocycles. The van der Waals surface area contributed by atoms with Crippen molar-refractivity contribution in [3.8, 4) is 0 Å². The van der Waals surface area contributed by atoms with Gasteiger partial charge in [-0.25, -0.2) is 9.97 Å². The molecule has 1 aromatic carbocycles. The van der Waals surface area contributed by atoms with Gasteiger partial charge in [-0.2, -0.15) is 0 Å². The molecule has 2 rings (SSSR count). The highest BCUT2D eigenvalue weighted by molar-refractivity contribution is 6.07. The number of nitrogens with zero attached hydrogens (tertiary/aromatic N) is 4. The van der Waals surface area contributed by atoms with Crippen molar-refractivity contribution in [2.75, 3.05) is 26.0 Å². The van der Waals surface area contributed by atoms with Gasteiger partial charge >= 0.3 is 0 Å². The van der Waals surface area contributed by atoms with Crippen molar-refractivity contribution in [1.29, 1.82) is 0 Å². The lowest BCUT2D eigenvalue weighted by Gasteiger charge is -2.19. The van der Waals surface area contributed by atoms with E-state index in [1.54, 1.807) is 48.6 Å². The fourth-order valence-electron chi connectivity index (χ4n) is 2.19. The predicted octanol–water partition coefficient (Wildman–Crippen LogP) is 2.02. The molecule has 0 radical (unpaired) electrons. The molecule has 0 fully saturated rings. The van der Waals surface area contributed by atoms with Crippen molar-refractivity contribution in [1.82, 2.24) is 14.9 Å². The van der Waals surface area contributed by atoms with Gasteiger partial charge in [0, 0.05) is 51.2 Å². The maximum absolute atomic E-state index is 12.6. The van der Waals surface area contributed by atoms with Crippen LogP contribution in [0, 0.1) is 0 Å². The Kier molecular flexibility index (Phi) is 5.05. The number of benzene rings is 1. The van der Waals surface area contributed by atoms with Crippen LogP contribution in [0.1, 0.15) is 33.2 Å². The molecule has 0 aliphatic carbocycles. The van der Waals surface area contributed by atoms with Crippen molar-refractivity contribution >= 4 is 17.6 Å². The first kappa shape index (κ1) is 16.6. The third-order valence-corrected chi connectivity index (χ3v) is 3.39. The molecule has 0 atom stereocenters. The molecule has 0 spiro atoms. The number of hydrogen-bond donors (Lipinski definition) is 0. The third-order valence-electron chi connectivity index (χ3n) is 3.39. The van der Waals surface area contributed by atoms with Gasteiger partial charge in [0.1, 0.15) is 0 Å². The van der Waals surface area contributed by atoms with E-state index in [1.807, 2.05) is 19.0 Å². The maximum atomic E-state index is 12.6. The number of Topliss-reactive ketones (excluding diaryl/α,β-unsaturated/α-hetero) is 1. The number of carbonyl (C=O) groups excluding carboxylic acids is 2. The number of carbonyl (C=O) groups is 2. The summed E-state index contributed by atoms with van der Waals surface area (Å²) in [5, 5.41) is 0. The van der Waals surface area contributed by atoms with E-state index in [1.165, 1.54) is 6.92 Å². The van der Waals surface area contributed by atoms with Gasteiger partial charge in [-0.15, -0.1) is 0 Å². The zero-order valence-corrected chi connectivity index (χ0v) is 13.8. The lowest BCUT2D eigenvalue weighted by atomic mass is 10.0. The highest BCUT2D eigenvalue weighted by Gasteiger charge is 2.18. The Hall–Kier alpha value is -2.76. The third kappa shape index (κ3) is 3.91. The van der Waals surface area contributed by atoms with Crippen LogP contribution < -0.4 is 4.90 Å². The zero-order valence-electron chi connectivity index (χ0n) is 13.8. The highest BCUT2D eigenvalue weighted by atomic mass is 16.2. The number of ketones is 1. The largest absolute Gasteiger partial charge is 0.347 e. The molecule has 6 nitrogen and oxygen atoms in total. The minimum absolute atomic E-state index is 0.124. The van der Waals surface area contributed by atoms with Gasteiger partial charge in [0.05, 0.1) is 5.56 Å². The minimum Gasteiger partial charge on any atom is -0.347 e. The summed E-state index contributed by atoms with van der Waals surface area (Å²) in [6.45, 7) is 1.83. The van der Waals surface area contributed by atoms with E-state index in [0.29, 0.717) is 23.6 Å². The first-order valence-corrected chi connectivity index (χ1v) is 7.24. The summed E-state index contributed by atoms with van der Waals surface area (Å²) in [7, 11) is 5.42. The van der Waals surface area contributed by atoms with Gasteiger partial charge in [0.2, 0.25) is 5.95 Å². The molecule has 0 aliphatic heterocycles. The Morgan fingerprint density at radius 2 is 1.57 bits per heavy atom. The molecule has 6 heteroatoms. The fraction of sp³-hybridized carbons (Fsp3) is 0.294. The molecule has 0 aliphatic rings. The number of aromatic nitrogens is 2. The normalized spacial score (nSPS) is 10.3. The number of amides is 1. The lowest BCUT2D eigenvalue weighted by molar-refractivity contribution is 0.0779.